The molecule has 100 valence electrons. The van der Waals surface area contributed by atoms with E-state index in [1.165, 1.54) is 64.1 Å². The van der Waals surface area contributed by atoms with Gasteiger partial charge in [-0.1, -0.05) is 6.42 Å². The van der Waals surface area contributed by atoms with Crippen molar-refractivity contribution in [3.8, 4) is 0 Å². The van der Waals surface area contributed by atoms with Crippen LogP contribution in [0.2, 0.25) is 0 Å². The lowest BCUT2D eigenvalue weighted by molar-refractivity contribution is 0.137. The smallest absolute Gasteiger partial charge is 0.0794 e. The summed E-state index contributed by atoms with van der Waals surface area (Å²) in [6.07, 6.45) is 6.72. The Kier molecular flexibility index (Phi) is 4.28. The second-order valence-corrected chi connectivity index (χ2v) is 6.29. The third-order valence-corrected chi connectivity index (χ3v) is 4.94. The summed E-state index contributed by atoms with van der Waals surface area (Å²) in [5.74, 6) is 0. The number of aromatic nitrogens is 1. The Labute approximate surface area is 114 Å². The van der Waals surface area contributed by atoms with E-state index in [-0.39, 0.29) is 0 Å². The Morgan fingerprint density at radius 2 is 2.17 bits per heavy atom. The number of rotatable bonds is 3. The van der Waals surface area contributed by atoms with E-state index in [9.17, 15) is 0 Å². The molecule has 3 nitrogen and oxygen atoms in total. The van der Waals surface area contributed by atoms with Crippen molar-refractivity contribution in [2.24, 2.45) is 0 Å². The van der Waals surface area contributed by atoms with Gasteiger partial charge >= 0.3 is 0 Å². The minimum absolute atomic E-state index is 0.830. The average Bonchev–Trinajstić information content (AvgIpc) is 2.82. The van der Waals surface area contributed by atoms with Crippen LogP contribution in [0.4, 0.5) is 0 Å². The van der Waals surface area contributed by atoms with Crippen LogP contribution in [0.25, 0.3) is 0 Å². The van der Waals surface area contributed by atoms with Crippen molar-refractivity contribution in [2.75, 3.05) is 32.7 Å². The normalized spacial score (nSPS) is 26.8. The van der Waals surface area contributed by atoms with Crippen LogP contribution in [0, 0.1) is 0 Å². The van der Waals surface area contributed by atoms with E-state index in [1.54, 1.807) is 11.3 Å². The molecule has 0 spiro atoms. The standard InChI is InChI=1S/C14H23N3S/c1-2-7-17-8-3-6-16(10-14(17)4-1)9-5-13-11-18-12-15-13/h11-12,14H,1-10H2. The van der Waals surface area contributed by atoms with E-state index in [0.717, 1.165) is 12.5 Å². The van der Waals surface area contributed by atoms with E-state index in [0.29, 0.717) is 0 Å². The highest BCUT2D eigenvalue weighted by Crippen LogP contribution is 2.21. The Morgan fingerprint density at radius 1 is 1.22 bits per heavy atom. The maximum Gasteiger partial charge on any atom is 0.0794 e. The summed E-state index contributed by atoms with van der Waals surface area (Å²) in [4.78, 5) is 9.78. The van der Waals surface area contributed by atoms with Gasteiger partial charge in [-0.05, 0) is 38.9 Å². The number of nitrogens with zero attached hydrogens (tertiary/aromatic N) is 3. The highest BCUT2D eigenvalue weighted by Gasteiger charge is 2.26. The van der Waals surface area contributed by atoms with E-state index >= 15 is 0 Å². The summed E-state index contributed by atoms with van der Waals surface area (Å²) in [6.45, 7) is 6.40. The van der Waals surface area contributed by atoms with Gasteiger partial charge in [0.05, 0.1) is 11.2 Å². The molecule has 0 amide bonds. The van der Waals surface area contributed by atoms with Gasteiger partial charge in [0, 0.05) is 30.9 Å². The van der Waals surface area contributed by atoms with E-state index < -0.39 is 0 Å². The monoisotopic (exact) mass is 265 g/mol. The summed E-state index contributed by atoms with van der Waals surface area (Å²) < 4.78 is 0. The molecule has 2 aliphatic rings. The van der Waals surface area contributed by atoms with Crippen LogP contribution in [0.5, 0.6) is 0 Å². The Hall–Kier alpha value is -0.450. The molecule has 2 fully saturated rings. The van der Waals surface area contributed by atoms with Gasteiger partial charge in [-0.2, -0.15) is 0 Å². The first-order valence-electron chi connectivity index (χ1n) is 7.25. The number of fused-ring (bicyclic) bond motifs is 1. The van der Waals surface area contributed by atoms with Crippen molar-refractivity contribution in [3.63, 3.8) is 0 Å². The zero-order valence-electron chi connectivity index (χ0n) is 11.1. The number of hydrogen-bond acceptors (Lipinski definition) is 4. The molecule has 4 heteroatoms. The van der Waals surface area contributed by atoms with Crippen molar-refractivity contribution >= 4 is 11.3 Å². The van der Waals surface area contributed by atoms with Crippen molar-refractivity contribution in [2.45, 2.75) is 38.1 Å². The fourth-order valence-corrected chi connectivity index (χ4v) is 3.88. The highest BCUT2D eigenvalue weighted by molar-refractivity contribution is 7.07. The van der Waals surface area contributed by atoms with Crippen LogP contribution in [0.15, 0.2) is 10.9 Å². The molecule has 0 N–H and O–H groups in total. The molecule has 18 heavy (non-hydrogen) atoms. The molecule has 1 atom stereocenters. The number of piperidine rings is 1. The summed E-state index contributed by atoms with van der Waals surface area (Å²) in [7, 11) is 0. The lowest BCUT2D eigenvalue weighted by atomic mass is 10.0. The second kappa shape index (κ2) is 6.13. The second-order valence-electron chi connectivity index (χ2n) is 5.57. The first kappa shape index (κ1) is 12.6. The minimum Gasteiger partial charge on any atom is -0.301 e. The van der Waals surface area contributed by atoms with E-state index in [4.69, 9.17) is 0 Å². The minimum atomic E-state index is 0.830. The van der Waals surface area contributed by atoms with Gasteiger partial charge in [-0.15, -0.1) is 11.3 Å². The van der Waals surface area contributed by atoms with Gasteiger partial charge in [0.1, 0.15) is 0 Å². The van der Waals surface area contributed by atoms with Crippen LogP contribution in [-0.4, -0.2) is 53.5 Å². The van der Waals surface area contributed by atoms with Crippen LogP contribution in [0.3, 0.4) is 0 Å². The molecule has 3 rings (SSSR count). The fourth-order valence-electron chi connectivity index (χ4n) is 3.28. The zero-order valence-corrected chi connectivity index (χ0v) is 11.9. The SMILES string of the molecule is c1nc(CCN2CCCN3CCCCC3C2)cs1. The van der Waals surface area contributed by atoms with Gasteiger partial charge in [0.15, 0.2) is 0 Å². The van der Waals surface area contributed by atoms with Crippen molar-refractivity contribution in [1.29, 1.82) is 0 Å². The molecule has 0 aliphatic carbocycles. The third kappa shape index (κ3) is 3.11. The highest BCUT2D eigenvalue weighted by atomic mass is 32.1. The van der Waals surface area contributed by atoms with Crippen LogP contribution in [0.1, 0.15) is 31.4 Å². The first-order chi connectivity index (χ1) is 8.92. The summed E-state index contributed by atoms with van der Waals surface area (Å²) in [6, 6.07) is 0.830. The van der Waals surface area contributed by atoms with Gasteiger partial charge in [-0.25, -0.2) is 4.98 Å². The quantitative estimate of drug-likeness (QED) is 0.835. The molecule has 2 saturated heterocycles. The molecule has 0 bridgehead atoms. The molecule has 1 unspecified atom stereocenters. The van der Waals surface area contributed by atoms with Crippen LogP contribution >= 0.6 is 11.3 Å². The van der Waals surface area contributed by atoms with Crippen molar-refractivity contribution < 1.29 is 0 Å². The van der Waals surface area contributed by atoms with Gasteiger partial charge in [0.2, 0.25) is 0 Å². The lowest BCUT2D eigenvalue weighted by Gasteiger charge is -2.35. The molecule has 0 aromatic carbocycles. The predicted octanol–water partition coefficient (Wildman–Crippen LogP) is 2.25. The average molecular weight is 265 g/mol. The molecular formula is C14H23N3S. The Morgan fingerprint density at radius 3 is 3.06 bits per heavy atom. The Balaban J connectivity index is 1.53. The molecule has 1 aromatic heterocycles. The summed E-state index contributed by atoms with van der Waals surface area (Å²) in [5.41, 5.74) is 3.21. The van der Waals surface area contributed by atoms with Crippen molar-refractivity contribution in [3.05, 3.63) is 16.6 Å². The zero-order chi connectivity index (χ0) is 12.2. The number of hydrogen-bond donors (Lipinski definition) is 0. The van der Waals surface area contributed by atoms with E-state index in [2.05, 4.69) is 20.2 Å². The molecule has 2 aliphatic heterocycles. The topological polar surface area (TPSA) is 19.4 Å². The molecule has 1 aromatic rings. The maximum atomic E-state index is 4.39. The Bertz CT molecular complexity index is 352. The summed E-state index contributed by atoms with van der Waals surface area (Å²) in [5, 5.41) is 2.19. The fraction of sp³-hybridized carbons (Fsp3) is 0.786. The van der Waals surface area contributed by atoms with Gasteiger partial charge in [-0.3, -0.25) is 4.90 Å². The first-order valence-corrected chi connectivity index (χ1v) is 8.19. The third-order valence-electron chi connectivity index (χ3n) is 4.31. The molecule has 0 radical (unpaired) electrons. The van der Waals surface area contributed by atoms with Crippen LogP contribution < -0.4 is 0 Å². The predicted molar refractivity (Wildman–Crippen MR) is 76.1 cm³/mol. The van der Waals surface area contributed by atoms with Gasteiger partial charge < -0.3 is 4.90 Å². The molecule has 3 heterocycles. The number of thiazole rings is 1. The lowest BCUT2D eigenvalue weighted by Crippen LogP contribution is -2.44. The largest absolute Gasteiger partial charge is 0.301 e. The van der Waals surface area contributed by atoms with E-state index in [1.807, 2.05) is 5.51 Å². The molecular weight excluding hydrogens is 242 g/mol. The van der Waals surface area contributed by atoms with Crippen LogP contribution in [-0.2, 0) is 6.42 Å². The van der Waals surface area contributed by atoms with Gasteiger partial charge in [0.25, 0.3) is 0 Å². The summed E-state index contributed by atoms with van der Waals surface area (Å²) >= 11 is 1.71. The maximum absolute atomic E-state index is 4.39. The van der Waals surface area contributed by atoms with Crippen molar-refractivity contribution in [1.82, 2.24) is 14.8 Å². The molecule has 0 saturated carbocycles.